The summed E-state index contributed by atoms with van der Waals surface area (Å²) < 4.78 is 0. The summed E-state index contributed by atoms with van der Waals surface area (Å²) in [5.74, 6) is 0. The predicted molar refractivity (Wildman–Crippen MR) is 65.0 cm³/mol. The van der Waals surface area contributed by atoms with Crippen molar-refractivity contribution in [1.29, 1.82) is 0 Å². The summed E-state index contributed by atoms with van der Waals surface area (Å²) in [6, 6.07) is 4.38. The molecule has 80 valence electrons. The second-order valence-electron chi connectivity index (χ2n) is 4.27. The zero-order chi connectivity index (χ0) is 10.4. The molecule has 1 nitrogen and oxygen atoms in total. The van der Waals surface area contributed by atoms with Crippen LogP contribution in [0.1, 0.15) is 31.6 Å². The smallest absolute Gasteiger partial charge is 0.00454 e. The first-order chi connectivity index (χ1) is 6.70. The van der Waals surface area contributed by atoms with Crippen molar-refractivity contribution in [2.24, 2.45) is 5.41 Å². The zero-order valence-electron chi connectivity index (χ0n) is 9.47. The van der Waals surface area contributed by atoms with Gasteiger partial charge in [-0.15, -0.1) is 11.3 Å². The van der Waals surface area contributed by atoms with Crippen molar-refractivity contribution in [2.75, 3.05) is 13.6 Å². The van der Waals surface area contributed by atoms with Crippen LogP contribution in [0.15, 0.2) is 17.5 Å². The van der Waals surface area contributed by atoms with Crippen LogP contribution in [0.25, 0.3) is 0 Å². The third kappa shape index (κ3) is 3.43. The van der Waals surface area contributed by atoms with Crippen molar-refractivity contribution in [3.05, 3.63) is 22.4 Å². The molecule has 1 rings (SSSR count). The molecule has 1 aromatic rings. The highest BCUT2D eigenvalue weighted by atomic mass is 32.1. The Hall–Kier alpha value is -0.340. The summed E-state index contributed by atoms with van der Waals surface area (Å²) in [6.45, 7) is 5.78. The molecule has 14 heavy (non-hydrogen) atoms. The molecule has 1 heterocycles. The van der Waals surface area contributed by atoms with E-state index in [-0.39, 0.29) is 0 Å². The molecule has 0 fully saturated rings. The van der Waals surface area contributed by atoms with Gasteiger partial charge in [0.05, 0.1) is 0 Å². The molecule has 0 aliphatic heterocycles. The number of aryl methyl sites for hydroxylation is 1. The maximum atomic E-state index is 3.29. The average Bonchev–Trinajstić information content (AvgIpc) is 2.68. The molecule has 0 saturated heterocycles. The van der Waals surface area contributed by atoms with Gasteiger partial charge in [-0.25, -0.2) is 0 Å². The van der Waals surface area contributed by atoms with Gasteiger partial charge in [0.15, 0.2) is 0 Å². The lowest BCUT2D eigenvalue weighted by atomic mass is 9.82. The van der Waals surface area contributed by atoms with Gasteiger partial charge in [0.2, 0.25) is 0 Å². The summed E-state index contributed by atoms with van der Waals surface area (Å²) >= 11 is 1.87. The number of hydrogen-bond donors (Lipinski definition) is 1. The Bertz CT molecular complexity index is 243. The Morgan fingerprint density at radius 3 is 2.79 bits per heavy atom. The maximum absolute atomic E-state index is 3.29. The SMILES string of the molecule is CCC(C)(CCc1cccs1)CNC. The van der Waals surface area contributed by atoms with Crippen LogP contribution in [0, 0.1) is 5.41 Å². The van der Waals surface area contributed by atoms with Gasteiger partial charge in [0.1, 0.15) is 0 Å². The summed E-state index contributed by atoms with van der Waals surface area (Å²) in [5, 5.41) is 5.46. The second-order valence-corrected chi connectivity index (χ2v) is 5.31. The molecule has 0 bridgehead atoms. The van der Waals surface area contributed by atoms with Gasteiger partial charge < -0.3 is 5.32 Å². The molecule has 0 spiro atoms. The van der Waals surface area contributed by atoms with Gasteiger partial charge in [-0.1, -0.05) is 19.9 Å². The topological polar surface area (TPSA) is 12.0 Å². The number of thiophene rings is 1. The van der Waals surface area contributed by atoms with Crippen LogP contribution in [-0.2, 0) is 6.42 Å². The molecule has 1 N–H and O–H groups in total. The van der Waals surface area contributed by atoms with Crippen molar-refractivity contribution in [3.63, 3.8) is 0 Å². The van der Waals surface area contributed by atoms with Crippen molar-refractivity contribution in [3.8, 4) is 0 Å². The highest BCUT2D eigenvalue weighted by Crippen LogP contribution is 2.27. The van der Waals surface area contributed by atoms with E-state index in [9.17, 15) is 0 Å². The predicted octanol–water partition coefficient (Wildman–Crippen LogP) is 3.32. The van der Waals surface area contributed by atoms with Crippen LogP contribution in [-0.4, -0.2) is 13.6 Å². The van der Waals surface area contributed by atoms with Crippen LogP contribution in [0.3, 0.4) is 0 Å². The van der Waals surface area contributed by atoms with Crippen molar-refractivity contribution >= 4 is 11.3 Å². The van der Waals surface area contributed by atoms with Crippen LogP contribution in [0.2, 0.25) is 0 Å². The zero-order valence-corrected chi connectivity index (χ0v) is 10.3. The summed E-state index contributed by atoms with van der Waals surface area (Å²) in [4.78, 5) is 1.51. The molecule has 1 aromatic heterocycles. The summed E-state index contributed by atoms with van der Waals surface area (Å²) in [7, 11) is 2.04. The Balaban J connectivity index is 2.41. The van der Waals surface area contributed by atoms with Gasteiger partial charge >= 0.3 is 0 Å². The van der Waals surface area contributed by atoms with Crippen LogP contribution in [0.4, 0.5) is 0 Å². The number of nitrogens with one attached hydrogen (secondary N) is 1. The average molecular weight is 211 g/mol. The van der Waals surface area contributed by atoms with E-state index in [0.29, 0.717) is 5.41 Å². The Labute approximate surface area is 91.5 Å². The third-order valence-electron chi connectivity index (χ3n) is 3.01. The van der Waals surface area contributed by atoms with Crippen molar-refractivity contribution in [1.82, 2.24) is 5.32 Å². The van der Waals surface area contributed by atoms with Crippen LogP contribution < -0.4 is 5.32 Å². The first-order valence-corrected chi connectivity index (χ1v) is 6.25. The fourth-order valence-corrected chi connectivity index (χ4v) is 2.41. The maximum Gasteiger partial charge on any atom is 0.00454 e. The monoisotopic (exact) mass is 211 g/mol. The van der Waals surface area contributed by atoms with E-state index in [0.717, 1.165) is 6.54 Å². The van der Waals surface area contributed by atoms with Gasteiger partial charge in [0, 0.05) is 11.4 Å². The second kappa shape index (κ2) is 5.52. The number of hydrogen-bond acceptors (Lipinski definition) is 2. The van der Waals surface area contributed by atoms with Gasteiger partial charge in [-0.05, 0) is 43.2 Å². The molecule has 0 aliphatic carbocycles. The molecule has 0 radical (unpaired) electrons. The first-order valence-electron chi connectivity index (χ1n) is 5.37. The van der Waals surface area contributed by atoms with Crippen LogP contribution in [0.5, 0.6) is 0 Å². The minimum Gasteiger partial charge on any atom is -0.319 e. The molecule has 0 aliphatic rings. The molecular weight excluding hydrogens is 190 g/mol. The fraction of sp³-hybridized carbons (Fsp3) is 0.667. The lowest BCUT2D eigenvalue weighted by Gasteiger charge is -2.27. The van der Waals surface area contributed by atoms with E-state index in [4.69, 9.17) is 0 Å². The molecule has 0 aromatic carbocycles. The quantitative estimate of drug-likeness (QED) is 0.761. The van der Waals surface area contributed by atoms with E-state index < -0.39 is 0 Å². The van der Waals surface area contributed by atoms with E-state index in [1.54, 1.807) is 0 Å². The lowest BCUT2D eigenvalue weighted by Crippen LogP contribution is -2.29. The normalized spacial score (nSPS) is 15.4. The van der Waals surface area contributed by atoms with Gasteiger partial charge in [-0.3, -0.25) is 0 Å². The van der Waals surface area contributed by atoms with Crippen LogP contribution >= 0.6 is 11.3 Å². The Morgan fingerprint density at radius 1 is 1.50 bits per heavy atom. The van der Waals surface area contributed by atoms with E-state index in [1.807, 2.05) is 18.4 Å². The summed E-state index contributed by atoms with van der Waals surface area (Å²) in [6.07, 6.45) is 3.76. The molecule has 0 amide bonds. The fourth-order valence-electron chi connectivity index (χ4n) is 1.70. The minimum atomic E-state index is 0.457. The van der Waals surface area contributed by atoms with E-state index >= 15 is 0 Å². The van der Waals surface area contributed by atoms with E-state index in [2.05, 4.69) is 36.7 Å². The molecule has 2 heteroatoms. The van der Waals surface area contributed by atoms with E-state index in [1.165, 1.54) is 24.1 Å². The standard InChI is InChI=1S/C12H21NS/c1-4-12(2,10-13-3)8-7-11-6-5-9-14-11/h5-6,9,13H,4,7-8,10H2,1-3H3. The largest absolute Gasteiger partial charge is 0.319 e. The molecular formula is C12H21NS. The number of rotatable bonds is 6. The molecule has 0 saturated carbocycles. The highest BCUT2D eigenvalue weighted by Gasteiger charge is 2.20. The Morgan fingerprint density at radius 2 is 2.29 bits per heavy atom. The Kier molecular flexibility index (Phi) is 4.63. The van der Waals surface area contributed by atoms with Gasteiger partial charge in [-0.2, -0.15) is 0 Å². The summed E-state index contributed by atoms with van der Waals surface area (Å²) in [5.41, 5.74) is 0.457. The molecule has 1 atom stereocenters. The third-order valence-corrected chi connectivity index (χ3v) is 3.95. The minimum absolute atomic E-state index is 0.457. The lowest BCUT2D eigenvalue weighted by molar-refractivity contribution is 0.278. The first kappa shape index (κ1) is 11.7. The molecule has 1 unspecified atom stereocenters. The van der Waals surface area contributed by atoms with Crippen molar-refractivity contribution in [2.45, 2.75) is 33.1 Å². The highest BCUT2D eigenvalue weighted by molar-refractivity contribution is 7.09. The van der Waals surface area contributed by atoms with Gasteiger partial charge in [0.25, 0.3) is 0 Å². The van der Waals surface area contributed by atoms with Crippen molar-refractivity contribution < 1.29 is 0 Å².